The molecule has 0 N–H and O–H groups in total. The first-order valence-corrected chi connectivity index (χ1v) is 7.82. The second-order valence-electron chi connectivity index (χ2n) is 4.71. The quantitative estimate of drug-likeness (QED) is 0.373. The molecule has 0 amide bonds. The summed E-state index contributed by atoms with van der Waals surface area (Å²) in [6, 6.07) is 7.48. The summed E-state index contributed by atoms with van der Waals surface area (Å²) in [7, 11) is 1.19. The molecule has 0 unspecified atom stereocenters. The van der Waals surface area contributed by atoms with Crippen LogP contribution in [0.4, 0.5) is 5.69 Å². The van der Waals surface area contributed by atoms with Crippen LogP contribution in [0.1, 0.15) is 16.2 Å². The number of rotatable bonds is 6. The summed E-state index contributed by atoms with van der Waals surface area (Å²) >= 11 is 1.45. The van der Waals surface area contributed by atoms with Gasteiger partial charge < -0.3 is 14.0 Å². The second-order valence-corrected chi connectivity index (χ2v) is 5.66. The largest absolute Gasteiger partial charge is 0.478 e. The highest BCUT2D eigenvalue weighted by Gasteiger charge is 2.20. The number of esters is 1. The van der Waals surface area contributed by atoms with Crippen molar-refractivity contribution in [3.63, 3.8) is 0 Å². The molecule has 0 saturated heterocycles. The van der Waals surface area contributed by atoms with Gasteiger partial charge in [0.15, 0.2) is 12.4 Å². The van der Waals surface area contributed by atoms with E-state index in [0.717, 1.165) is 10.9 Å². The van der Waals surface area contributed by atoms with E-state index in [-0.39, 0.29) is 29.4 Å². The molecule has 9 nitrogen and oxygen atoms in total. The molecule has 0 radical (unpaired) electrons. The van der Waals surface area contributed by atoms with Gasteiger partial charge in [-0.3, -0.25) is 10.1 Å². The number of nitro groups is 1. The molecule has 0 aliphatic rings. The zero-order valence-electron chi connectivity index (χ0n) is 12.9. The number of carbonyl (C=O) groups is 1. The average molecular weight is 361 g/mol. The molecule has 3 aromatic rings. The van der Waals surface area contributed by atoms with Gasteiger partial charge in [0.2, 0.25) is 5.82 Å². The van der Waals surface area contributed by atoms with Gasteiger partial charge in [0, 0.05) is 6.07 Å². The van der Waals surface area contributed by atoms with Crippen LogP contribution in [0.3, 0.4) is 0 Å². The fourth-order valence-corrected chi connectivity index (χ4v) is 2.63. The van der Waals surface area contributed by atoms with E-state index in [2.05, 4.69) is 14.9 Å². The zero-order valence-corrected chi connectivity index (χ0v) is 13.7. The Balaban J connectivity index is 1.76. The van der Waals surface area contributed by atoms with E-state index in [0.29, 0.717) is 5.89 Å². The summed E-state index contributed by atoms with van der Waals surface area (Å²) in [5.41, 5.74) is -0.300. The molecular weight excluding hydrogens is 350 g/mol. The molecular formula is C15H11N3O6S. The number of ether oxygens (including phenoxy) is 2. The van der Waals surface area contributed by atoms with Gasteiger partial charge in [-0.25, -0.2) is 4.79 Å². The van der Waals surface area contributed by atoms with Crippen LogP contribution in [0.5, 0.6) is 5.75 Å². The van der Waals surface area contributed by atoms with Crippen molar-refractivity contribution in [2.75, 3.05) is 7.11 Å². The topological polar surface area (TPSA) is 118 Å². The van der Waals surface area contributed by atoms with Crippen molar-refractivity contribution < 1.29 is 23.7 Å². The van der Waals surface area contributed by atoms with Crippen LogP contribution in [0.15, 0.2) is 40.2 Å². The molecule has 0 aliphatic carbocycles. The van der Waals surface area contributed by atoms with Crippen LogP contribution in [-0.4, -0.2) is 28.1 Å². The van der Waals surface area contributed by atoms with E-state index < -0.39 is 10.9 Å². The summed E-state index contributed by atoms with van der Waals surface area (Å²) in [5, 5.41) is 16.8. The van der Waals surface area contributed by atoms with Crippen molar-refractivity contribution in [3.8, 4) is 16.5 Å². The Kier molecular flexibility index (Phi) is 4.70. The normalized spacial score (nSPS) is 10.4. The Hall–Kier alpha value is -3.27. The molecule has 2 heterocycles. The van der Waals surface area contributed by atoms with E-state index in [9.17, 15) is 14.9 Å². The van der Waals surface area contributed by atoms with Crippen LogP contribution < -0.4 is 4.74 Å². The number of aromatic nitrogens is 2. The maximum atomic E-state index is 11.5. The first-order valence-electron chi connectivity index (χ1n) is 6.94. The van der Waals surface area contributed by atoms with E-state index in [1.54, 1.807) is 0 Å². The molecule has 1 aromatic carbocycles. The minimum absolute atomic E-state index is 0.0138. The average Bonchev–Trinajstić information content (AvgIpc) is 3.30. The smallest absolute Gasteiger partial charge is 0.338 e. The van der Waals surface area contributed by atoms with Gasteiger partial charge in [0.1, 0.15) is 0 Å². The zero-order chi connectivity index (χ0) is 17.8. The molecule has 0 atom stereocenters. The summed E-state index contributed by atoms with van der Waals surface area (Å²) in [6.07, 6.45) is 0. The van der Waals surface area contributed by atoms with Crippen molar-refractivity contribution in [2.24, 2.45) is 0 Å². The fraction of sp³-hybridized carbons (Fsp3) is 0.133. The van der Waals surface area contributed by atoms with Crippen LogP contribution in [-0.2, 0) is 11.3 Å². The lowest BCUT2D eigenvalue weighted by atomic mass is 10.2. The second kappa shape index (κ2) is 7.09. The predicted octanol–water partition coefficient (Wildman–Crippen LogP) is 3.07. The standard InChI is InChI=1S/C15H11N3O6S/c1-22-15(19)9-4-5-11(10(7-9)18(20)21)23-8-13-16-14(24-17-13)12-3-2-6-25-12/h2-7H,8H2,1H3. The van der Waals surface area contributed by atoms with Crippen molar-refractivity contribution in [3.05, 3.63) is 57.2 Å². The predicted molar refractivity (Wildman–Crippen MR) is 86.4 cm³/mol. The third kappa shape index (κ3) is 3.63. The summed E-state index contributed by atoms with van der Waals surface area (Å²) < 4.78 is 15.1. The molecule has 0 aliphatic heterocycles. The lowest BCUT2D eigenvalue weighted by molar-refractivity contribution is -0.386. The summed E-state index contributed by atoms with van der Waals surface area (Å²) in [6.45, 7) is -0.118. The minimum Gasteiger partial charge on any atom is -0.478 e. The lowest BCUT2D eigenvalue weighted by Gasteiger charge is -2.06. The van der Waals surface area contributed by atoms with Gasteiger partial charge in [-0.15, -0.1) is 11.3 Å². The highest BCUT2D eigenvalue weighted by Crippen LogP contribution is 2.29. The van der Waals surface area contributed by atoms with Crippen molar-refractivity contribution in [1.29, 1.82) is 0 Å². The Morgan fingerprint density at radius 2 is 2.24 bits per heavy atom. The summed E-state index contributed by atoms with van der Waals surface area (Å²) in [4.78, 5) is 27.0. The SMILES string of the molecule is COC(=O)c1ccc(OCc2noc(-c3cccs3)n2)c([N+](=O)[O-])c1. The molecule has 0 bridgehead atoms. The highest BCUT2D eigenvalue weighted by atomic mass is 32.1. The van der Waals surface area contributed by atoms with Crippen molar-refractivity contribution in [2.45, 2.75) is 6.61 Å². The van der Waals surface area contributed by atoms with E-state index in [4.69, 9.17) is 9.26 Å². The third-order valence-corrected chi connectivity index (χ3v) is 3.99. The maximum absolute atomic E-state index is 11.5. The number of hydrogen-bond acceptors (Lipinski definition) is 9. The van der Waals surface area contributed by atoms with Gasteiger partial charge in [-0.1, -0.05) is 11.2 Å². The first kappa shape index (κ1) is 16.6. The number of methoxy groups -OCH3 is 1. The first-order chi connectivity index (χ1) is 12.1. The van der Waals surface area contributed by atoms with Crippen molar-refractivity contribution in [1.82, 2.24) is 10.1 Å². The molecule has 2 aromatic heterocycles. The third-order valence-electron chi connectivity index (χ3n) is 3.13. The van der Waals surface area contributed by atoms with E-state index in [1.165, 1.54) is 30.6 Å². The van der Waals surface area contributed by atoms with E-state index in [1.807, 2.05) is 17.5 Å². The Labute approximate surface area is 145 Å². The molecule has 25 heavy (non-hydrogen) atoms. The molecule has 0 fully saturated rings. The van der Waals surface area contributed by atoms with Gasteiger partial charge in [0.05, 0.1) is 22.5 Å². The Morgan fingerprint density at radius 3 is 2.92 bits per heavy atom. The number of carbonyl (C=O) groups excluding carboxylic acids is 1. The van der Waals surface area contributed by atoms with Crippen LogP contribution in [0, 0.1) is 10.1 Å². The van der Waals surface area contributed by atoms with Gasteiger partial charge in [0.25, 0.3) is 5.89 Å². The molecule has 128 valence electrons. The number of nitrogens with zero attached hydrogens (tertiary/aromatic N) is 3. The highest BCUT2D eigenvalue weighted by molar-refractivity contribution is 7.13. The van der Waals surface area contributed by atoms with Gasteiger partial charge in [-0.2, -0.15) is 4.98 Å². The number of hydrogen-bond donors (Lipinski definition) is 0. The molecule has 10 heteroatoms. The fourth-order valence-electron chi connectivity index (χ4n) is 1.98. The Morgan fingerprint density at radius 1 is 1.40 bits per heavy atom. The maximum Gasteiger partial charge on any atom is 0.338 e. The molecule has 0 spiro atoms. The monoisotopic (exact) mass is 361 g/mol. The van der Waals surface area contributed by atoms with E-state index >= 15 is 0 Å². The summed E-state index contributed by atoms with van der Waals surface area (Å²) in [5.74, 6) is -0.0904. The van der Waals surface area contributed by atoms with Crippen molar-refractivity contribution >= 4 is 23.0 Å². The lowest BCUT2D eigenvalue weighted by Crippen LogP contribution is -2.05. The molecule has 3 rings (SSSR count). The van der Waals surface area contributed by atoms with Crippen LogP contribution in [0.2, 0.25) is 0 Å². The number of nitro benzene ring substituents is 1. The van der Waals surface area contributed by atoms with Gasteiger partial charge >= 0.3 is 11.7 Å². The number of benzene rings is 1. The minimum atomic E-state index is -0.673. The Bertz CT molecular complexity index is 906. The molecule has 0 saturated carbocycles. The number of thiophene rings is 1. The van der Waals surface area contributed by atoms with Crippen LogP contribution >= 0.6 is 11.3 Å². The van der Waals surface area contributed by atoms with Gasteiger partial charge in [-0.05, 0) is 23.6 Å². The van der Waals surface area contributed by atoms with Crippen LogP contribution in [0.25, 0.3) is 10.8 Å².